The van der Waals surface area contributed by atoms with Crippen LogP contribution in [0.15, 0.2) is 0 Å². The predicted molar refractivity (Wildman–Crippen MR) is 90.8 cm³/mol. The maximum atomic E-state index is 11.9. The van der Waals surface area contributed by atoms with Gasteiger partial charge in [0.25, 0.3) is 0 Å². The van der Waals surface area contributed by atoms with Gasteiger partial charge in [0.2, 0.25) is 10.0 Å². The van der Waals surface area contributed by atoms with Crippen LogP contribution in [0.4, 0.5) is 0 Å². The molecule has 8 heteroatoms. The third-order valence-electron chi connectivity index (χ3n) is 4.50. The average molecular weight is 343 g/mol. The molecule has 0 N–H and O–H groups in total. The highest BCUT2D eigenvalue weighted by Crippen LogP contribution is 2.19. The first kappa shape index (κ1) is 18.4. The Balaban J connectivity index is 1.92. The van der Waals surface area contributed by atoms with Gasteiger partial charge in [-0.25, -0.2) is 22.4 Å². The highest BCUT2D eigenvalue weighted by molar-refractivity contribution is 7.89. The van der Waals surface area contributed by atoms with E-state index in [4.69, 9.17) is 0 Å². The van der Waals surface area contributed by atoms with E-state index in [0.717, 1.165) is 37.7 Å². The zero-order chi connectivity index (χ0) is 17.0. The van der Waals surface area contributed by atoms with Crippen LogP contribution < -0.4 is 0 Å². The summed E-state index contributed by atoms with van der Waals surface area (Å²) in [5.74, 6) is 1.97. The Morgan fingerprint density at radius 1 is 1.26 bits per heavy atom. The van der Waals surface area contributed by atoms with E-state index < -0.39 is 10.0 Å². The summed E-state index contributed by atoms with van der Waals surface area (Å²) in [4.78, 5) is 6.79. The van der Waals surface area contributed by atoms with E-state index in [2.05, 4.69) is 15.0 Å². The molecular formula is C15H29N5O2S. The standard InChI is InChI=1S/C15H29N5O2S/c1-13-16-14(2)20(17-13)12-15-8-5-6-9-19(15)10-7-11-23(21,22)18(3)4/h15H,5-12H2,1-4H3/t15-/m1/s1. The molecule has 0 spiro atoms. The molecule has 1 aromatic heterocycles. The lowest BCUT2D eigenvalue weighted by Crippen LogP contribution is -2.43. The lowest BCUT2D eigenvalue weighted by Gasteiger charge is -2.35. The SMILES string of the molecule is Cc1nc(C)n(C[C@H]2CCCCN2CCCS(=O)(=O)N(C)C)n1. The molecular weight excluding hydrogens is 314 g/mol. The van der Waals surface area contributed by atoms with Gasteiger partial charge in [0.15, 0.2) is 0 Å². The van der Waals surface area contributed by atoms with Crippen LogP contribution in [-0.4, -0.2) is 71.4 Å². The normalized spacial score (nSPS) is 20.3. The Morgan fingerprint density at radius 2 is 2.00 bits per heavy atom. The first-order chi connectivity index (χ1) is 10.8. The molecule has 1 atom stereocenters. The number of rotatable bonds is 7. The molecule has 132 valence electrons. The Hall–Kier alpha value is -0.990. The maximum Gasteiger partial charge on any atom is 0.213 e. The molecule has 23 heavy (non-hydrogen) atoms. The Bertz CT molecular complexity index is 611. The van der Waals surface area contributed by atoms with Crippen LogP contribution in [0.1, 0.15) is 37.3 Å². The number of nitrogens with zero attached hydrogens (tertiary/aromatic N) is 5. The van der Waals surface area contributed by atoms with Gasteiger partial charge in [-0.3, -0.25) is 4.90 Å². The smallest absolute Gasteiger partial charge is 0.213 e. The van der Waals surface area contributed by atoms with Crippen molar-refractivity contribution >= 4 is 10.0 Å². The minimum absolute atomic E-state index is 0.213. The first-order valence-corrected chi connectivity index (χ1v) is 9.93. The third kappa shape index (κ3) is 4.99. The van der Waals surface area contributed by atoms with Gasteiger partial charge in [-0.05, 0) is 46.2 Å². The van der Waals surface area contributed by atoms with Gasteiger partial charge >= 0.3 is 0 Å². The highest BCUT2D eigenvalue weighted by atomic mass is 32.2. The van der Waals surface area contributed by atoms with Gasteiger partial charge in [-0.15, -0.1) is 0 Å². The van der Waals surface area contributed by atoms with Crippen molar-refractivity contribution in [2.45, 2.75) is 52.1 Å². The minimum Gasteiger partial charge on any atom is -0.299 e. The number of hydrogen-bond acceptors (Lipinski definition) is 5. The van der Waals surface area contributed by atoms with Crippen molar-refractivity contribution in [3.05, 3.63) is 11.6 Å². The Kier molecular flexibility index (Phi) is 6.16. The average Bonchev–Trinajstić information content (AvgIpc) is 2.78. The summed E-state index contributed by atoms with van der Waals surface area (Å²) in [7, 11) is 0.0846. The lowest BCUT2D eigenvalue weighted by molar-refractivity contribution is 0.129. The molecule has 1 aliphatic heterocycles. The fraction of sp³-hybridized carbons (Fsp3) is 0.867. The van der Waals surface area contributed by atoms with Gasteiger partial charge in [-0.2, -0.15) is 5.10 Å². The summed E-state index contributed by atoms with van der Waals surface area (Å²) in [5, 5.41) is 4.46. The second-order valence-electron chi connectivity index (χ2n) is 6.53. The lowest BCUT2D eigenvalue weighted by atomic mass is 10.0. The van der Waals surface area contributed by atoms with Gasteiger partial charge in [0.05, 0.1) is 12.3 Å². The van der Waals surface area contributed by atoms with Gasteiger partial charge < -0.3 is 0 Å². The first-order valence-electron chi connectivity index (χ1n) is 8.32. The van der Waals surface area contributed by atoms with Gasteiger partial charge in [-0.1, -0.05) is 6.42 Å². The maximum absolute atomic E-state index is 11.9. The van der Waals surface area contributed by atoms with Crippen molar-refractivity contribution in [2.75, 3.05) is 32.9 Å². The zero-order valence-corrected chi connectivity index (χ0v) is 15.5. The number of likely N-dealkylation sites (tertiary alicyclic amines) is 1. The Morgan fingerprint density at radius 3 is 2.61 bits per heavy atom. The molecule has 0 saturated carbocycles. The van der Waals surface area contributed by atoms with E-state index in [1.807, 2.05) is 18.5 Å². The van der Waals surface area contributed by atoms with Crippen LogP contribution in [0, 0.1) is 13.8 Å². The van der Waals surface area contributed by atoms with Crippen molar-refractivity contribution in [1.82, 2.24) is 24.0 Å². The van der Waals surface area contributed by atoms with Crippen molar-refractivity contribution in [2.24, 2.45) is 0 Å². The summed E-state index contributed by atoms with van der Waals surface area (Å²) in [5.41, 5.74) is 0. The van der Waals surface area contributed by atoms with Crippen LogP contribution >= 0.6 is 0 Å². The number of aromatic nitrogens is 3. The predicted octanol–water partition coefficient (Wildman–Crippen LogP) is 1.03. The fourth-order valence-corrected chi connectivity index (χ4v) is 3.99. The van der Waals surface area contributed by atoms with Gasteiger partial charge in [0, 0.05) is 20.1 Å². The molecule has 0 aromatic carbocycles. The summed E-state index contributed by atoms with van der Waals surface area (Å²) in [6, 6.07) is 0.422. The fourth-order valence-electron chi connectivity index (χ4n) is 3.13. The highest BCUT2D eigenvalue weighted by Gasteiger charge is 2.24. The number of hydrogen-bond donors (Lipinski definition) is 0. The summed E-state index contributed by atoms with van der Waals surface area (Å²) in [6.07, 6.45) is 4.22. The molecule has 0 bridgehead atoms. The van der Waals surface area contributed by atoms with E-state index in [1.165, 1.54) is 17.1 Å². The molecule has 7 nitrogen and oxygen atoms in total. The van der Waals surface area contributed by atoms with Crippen molar-refractivity contribution in [1.29, 1.82) is 0 Å². The van der Waals surface area contributed by atoms with Crippen LogP contribution in [0.2, 0.25) is 0 Å². The van der Waals surface area contributed by atoms with Crippen LogP contribution in [0.3, 0.4) is 0 Å². The number of aryl methyl sites for hydroxylation is 2. The monoisotopic (exact) mass is 343 g/mol. The summed E-state index contributed by atoms with van der Waals surface area (Å²) in [6.45, 7) is 6.60. The van der Waals surface area contributed by atoms with Crippen molar-refractivity contribution in [3.63, 3.8) is 0 Å². The van der Waals surface area contributed by atoms with E-state index in [1.54, 1.807) is 14.1 Å². The molecule has 0 aliphatic carbocycles. The van der Waals surface area contributed by atoms with Crippen LogP contribution in [0.5, 0.6) is 0 Å². The van der Waals surface area contributed by atoms with E-state index in [-0.39, 0.29) is 5.75 Å². The van der Waals surface area contributed by atoms with Crippen molar-refractivity contribution in [3.8, 4) is 0 Å². The molecule has 1 saturated heterocycles. The molecule has 1 fully saturated rings. The quantitative estimate of drug-likeness (QED) is 0.739. The third-order valence-corrected chi connectivity index (χ3v) is 6.42. The molecule has 0 radical (unpaired) electrons. The Labute approximate surface area is 139 Å². The molecule has 2 heterocycles. The van der Waals surface area contributed by atoms with Crippen LogP contribution in [0.25, 0.3) is 0 Å². The second kappa shape index (κ2) is 7.72. The van der Waals surface area contributed by atoms with Crippen molar-refractivity contribution < 1.29 is 8.42 Å². The van der Waals surface area contributed by atoms with E-state index >= 15 is 0 Å². The summed E-state index contributed by atoms with van der Waals surface area (Å²) >= 11 is 0. The second-order valence-corrected chi connectivity index (χ2v) is 8.83. The van der Waals surface area contributed by atoms with Crippen LogP contribution in [-0.2, 0) is 16.6 Å². The van der Waals surface area contributed by atoms with Gasteiger partial charge in [0.1, 0.15) is 11.6 Å². The molecule has 0 unspecified atom stereocenters. The largest absolute Gasteiger partial charge is 0.299 e. The zero-order valence-electron chi connectivity index (χ0n) is 14.7. The van der Waals surface area contributed by atoms with E-state index in [0.29, 0.717) is 12.5 Å². The molecule has 1 aliphatic rings. The number of piperidine rings is 1. The van der Waals surface area contributed by atoms with E-state index in [9.17, 15) is 8.42 Å². The molecule has 1 aromatic rings. The molecule has 2 rings (SSSR count). The summed E-state index contributed by atoms with van der Waals surface area (Å²) < 4.78 is 27.0. The minimum atomic E-state index is -3.10. The topological polar surface area (TPSA) is 71.3 Å². The number of sulfonamides is 1. The molecule has 0 amide bonds.